The van der Waals surface area contributed by atoms with E-state index in [2.05, 4.69) is 0 Å². The van der Waals surface area contributed by atoms with E-state index >= 15 is 0 Å². The van der Waals surface area contributed by atoms with E-state index in [9.17, 15) is 14.4 Å². The summed E-state index contributed by atoms with van der Waals surface area (Å²) >= 11 is 0. The van der Waals surface area contributed by atoms with Gasteiger partial charge in [-0.05, 0) is 26.2 Å². The highest BCUT2D eigenvalue weighted by Gasteiger charge is 2.66. The molecule has 0 unspecified atom stereocenters. The topological polar surface area (TPSA) is 67.4 Å². The molecular formula is C19H33N5O3. The summed E-state index contributed by atoms with van der Waals surface area (Å²) in [5.74, 6) is 0.200. The Kier molecular flexibility index (Phi) is 5.03. The molecule has 3 rings (SSSR count). The number of urea groups is 2. The fourth-order valence-corrected chi connectivity index (χ4v) is 5.31. The monoisotopic (exact) mass is 379 g/mol. The van der Waals surface area contributed by atoms with Gasteiger partial charge in [0.2, 0.25) is 5.91 Å². The molecule has 0 saturated carbocycles. The van der Waals surface area contributed by atoms with Crippen molar-refractivity contribution in [3.63, 3.8) is 0 Å². The zero-order valence-corrected chi connectivity index (χ0v) is 17.3. The first-order chi connectivity index (χ1) is 12.7. The van der Waals surface area contributed by atoms with Crippen molar-refractivity contribution in [2.24, 2.45) is 10.8 Å². The lowest BCUT2D eigenvalue weighted by Crippen LogP contribution is -2.54. The van der Waals surface area contributed by atoms with Crippen molar-refractivity contribution >= 4 is 18.0 Å². The van der Waals surface area contributed by atoms with Gasteiger partial charge in [0.1, 0.15) is 0 Å². The molecular weight excluding hydrogens is 346 g/mol. The number of rotatable bonds is 1. The molecule has 5 amide bonds. The Hall–Kier alpha value is -1.99. The van der Waals surface area contributed by atoms with Crippen molar-refractivity contribution in [3.8, 4) is 0 Å². The molecule has 0 aromatic carbocycles. The smallest absolute Gasteiger partial charge is 0.319 e. The van der Waals surface area contributed by atoms with E-state index in [1.54, 1.807) is 38.0 Å². The Bertz CT molecular complexity index is 627. The maximum atomic E-state index is 13.4. The predicted octanol–water partition coefficient (Wildman–Crippen LogP) is 0.986. The summed E-state index contributed by atoms with van der Waals surface area (Å²) in [7, 11) is 7.04. The first-order valence-electron chi connectivity index (χ1n) is 9.89. The van der Waals surface area contributed by atoms with Gasteiger partial charge in [-0.25, -0.2) is 9.59 Å². The summed E-state index contributed by atoms with van der Waals surface area (Å²) in [6, 6.07) is -0.00755. The third kappa shape index (κ3) is 2.93. The quantitative estimate of drug-likeness (QED) is 0.682. The van der Waals surface area contributed by atoms with Crippen molar-refractivity contribution in [1.29, 1.82) is 0 Å². The number of carbonyl (C=O) groups is 3. The molecule has 152 valence electrons. The van der Waals surface area contributed by atoms with Crippen LogP contribution in [0.5, 0.6) is 0 Å². The Morgan fingerprint density at radius 1 is 0.889 bits per heavy atom. The first kappa shape index (κ1) is 19.8. The number of hydrogen-bond donors (Lipinski definition) is 0. The fourth-order valence-electron chi connectivity index (χ4n) is 5.31. The molecule has 3 aliphatic rings. The number of likely N-dealkylation sites (tertiary alicyclic amines) is 3. The first-order valence-corrected chi connectivity index (χ1v) is 9.89. The van der Waals surface area contributed by atoms with Crippen LogP contribution >= 0.6 is 0 Å². The van der Waals surface area contributed by atoms with Crippen LogP contribution in [0.1, 0.15) is 26.2 Å². The predicted molar refractivity (Wildman–Crippen MR) is 102 cm³/mol. The van der Waals surface area contributed by atoms with Crippen molar-refractivity contribution in [3.05, 3.63) is 0 Å². The molecule has 0 aromatic heterocycles. The van der Waals surface area contributed by atoms with Crippen LogP contribution in [0.2, 0.25) is 0 Å². The van der Waals surface area contributed by atoms with Crippen molar-refractivity contribution < 1.29 is 14.4 Å². The van der Waals surface area contributed by atoms with Gasteiger partial charge in [0.05, 0.1) is 5.41 Å². The van der Waals surface area contributed by atoms with Crippen LogP contribution in [0.15, 0.2) is 0 Å². The van der Waals surface area contributed by atoms with Gasteiger partial charge >= 0.3 is 12.1 Å². The maximum Gasteiger partial charge on any atom is 0.319 e. The molecule has 0 aromatic rings. The van der Waals surface area contributed by atoms with E-state index in [4.69, 9.17) is 0 Å². The second-order valence-electron chi connectivity index (χ2n) is 8.69. The normalized spacial score (nSPS) is 27.0. The Morgan fingerprint density at radius 3 is 1.93 bits per heavy atom. The van der Waals surface area contributed by atoms with Crippen molar-refractivity contribution in [2.45, 2.75) is 26.2 Å². The average molecular weight is 380 g/mol. The van der Waals surface area contributed by atoms with Crippen LogP contribution in [0.25, 0.3) is 0 Å². The molecule has 3 saturated heterocycles. The molecule has 8 nitrogen and oxygen atoms in total. The highest BCUT2D eigenvalue weighted by molar-refractivity contribution is 5.88. The average Bonchev–Trinajstić information content (AvgIpc) is 3.13. The number of fused-ring (bicyclic) bond motifs is 1. The summed E-state index contributed by atoms with van der Waals surface area (Å²) in [5.41, 5.74) is -0.731. The number of carbonyl (C=O) groups excluding carboxylic acids is 3. The maximum absolute atomic E-state index is 13.4. The van der Waals surface area contributed by atoms with Gasteiger partial charge in [-0.1, -0.05) is 0 Å². The highest BCUT2D eigenvalue weighted by Crippen LogP contribution is 2.57. The van der Waals surface area contributed by atoms with Crippen LogP contribution < -0.4 is 0 Å². The molecule has 3 fully saturated rings. The summed E-state index contributed by atoms with van der Waals surface area (Å²) in [5, 5.41) is 0. The molecule has 0 N–H and O–H groups in total. The van der Waals surface area contributed by atoms with Gasteiger partial charge in [-0.2, -0.15) is 0 Å². The highest BCUT2D eigenvalue weighted by atomic mass is 16.2. The van der Waals surface area contributed by atoms with Gasteiger partial charge in [-0.15, -0.1) is 0 Å². The van der Waals surface area contributed by atoms with Gasteiger partial charge in [0, 0.05) is 72.9 Å². The second-order valence-corrected chi connectivity index (χ2v) is 8.69. The van der Waals surface area contributed by atoms with Crippen LogP contribution in [0.4, 0.5) is 9.59 Å². The standard InChI is InChI=1S/C19H33N5O3/c1-6-22-12-9-19(15(22)25)14-24(17(27)21(4)5)13-18(19)7-10-23(11-8-18)16(26)20(2)3/h6-14H2,1-5H3/t19-/m1/s1. The minimum Gasteiger partial charge on any atom is -0.342 e. The van der Waals surface area contributed by atoms with Crippen LogP contribution in [-0.2, 0) is 4.79 Å². The Balaban J connectivity index is 1.88. The number of nitrogens with zero attached hydrogens (tertiary/aromatic N) is 5. The summed E-state index contributed by atoms with van der Waals surface area (Å²) in [6.07, 6.45) is 2.35. The van der Waals surface area contributed by atoms with E-state index in [1.807, 2.05) is 21.6 Å². The molecule has 3 heterocycles. The fraction of sp³-hybridized carbons (Fsp3) is 0.842. The van der Waals surface area contributed by atoms with Gasteiger partial charge in [-0.3, -0.25) is 4.79 Å². The van der Waals surface area contributed by atoms with E-state index < -0.39 is 5.41 Å². The second kappa shape index (κ2) is 6.87. The molecule has 0 aliphatic carbocycles. The zero-order valence-electron chi connectivity index (χ0n) is 17.3. The van der Waals surface area contributed by atoms with E-state index in [-0.39, 0.29) is 23.4 Å². The largest absolute Gasteiger partial charge is 0.342 e. The Morgan fingerprint density at radius 2 is 1.44 bits per heavy atom. The molecule has 2 spiro atoms. The third-order valence-corrected chi connectivity index (χ3v) is 6.88. The van der Waals surface area contributed by atoms with E-state index in [1.165, 1.54) is 0 Å². The van der Waals surface area contributed by atoms with Crippen molar-refractivity contribution in [1.82, 2.24) is 24.5 Å². The third-order valence-electron chi connectivity index (χ3n) is 6.88. The molecule has 3 aliphatic heterocycles. The Labute approximate surface area is 162 Å². The summed E-state index contributed by atoms with van der Waals surface area (Å²) in [6.45, 7) is 5.88. The van der Waals surface area contributed by atoms with Gasteiger partial charge < -0.3 is 24.5 Å². The lowest BCUT2D eigenvalue weighted by Gasteiger charge is -2.47. The van der Waals surface area contributed by atoms with Crippen LogP contribution in [0.3, 0.4) is 0 Å². The van der Waals surface area contributed by atoms with Crippen molar-refractivity contribution in [2.75, 3.05) is 67.5 Å². The minimum absolute atomic E-state index is 0.0195. The lowest BCUT2D eigenvalue weighted by molar-refractivity contribution is -0.141. The lowest BCUT2D eigenvalue weighted by atomic mass is 9.60. The summed E-state index contributed by atoms with van der Waals surface area (Å²) < 4.78 is 0. The number of hydrogen-bond acceptors (Lipinski definition) is 3. The van der Waals surface area contributed by atoms with Gasteiger partial charge in [0.15, 0.2) is 0 Å². The molecule has 0 radical (unpaired) electrons. The van der Waals surface area contributed by atoms with E-state index in [0.717, 1.165) is 25.8 Å². The van der Waals surface area contributed by atoms with Gasteiger partial charge in [0.25, 0.3) is 0 Å². The number of amides is 5. The molecule has 8 heteroatoms. The van der Waals surface area contributed by atoms with Crippen LogP contribution in [-0.4, -0.2) is 110 Å². The zero-order chi connectivity index (χ0) is 20.0. The molecule has 0 bridgehead atoms. The van der Waals surface area contributed by atoms with Crippen LogP contribution in [0, 0.1) is 10.8 Å². The molecule has 1 atom stereocenters. The summed E-state index contributed by atoms with van der Waals surface area (Å²) in [4.78, 5) is 47.3. The SMILES string of the molecule is CCN1CC[C@@]2(CN(C(=O)N(C)C)CC23CCN(C(=O)N(C)C)CC3)C1=O. The minimum atomic E-state index is -0.498. The number of piperidine rings is 1. The van der Waals surface area contributed by atoms with E-state index in [0.29, 0.717) is 32.7 Å². The molecule has 27 heavy (non-hydrogen) atoms.